The quantitative estimate of drug-likeness (QED) is 0.591. The van der Waals surface area contributed by atoms with Crippen molar-refractivity contribution in [3.8, 4) is 0 Å². The SMILES string of the molecule is c1cc(Nc2ccnc3[nH]ccc23)[nH]n1. The Balaban J connectivity index is 2.07. The molecule has 0 unspecified atom stereocenters. The number of nitrogens with one attached hydrogen (secondary N) is 3. The Kier molecular flexibility index (Phi) is 1.68. The van der Waals surface area contributed by atoms with Gasteiger partial charge in [0.15, 0.2) is 0 Å². The first-order valence-electron chi connectivity index (χ1n) is 4.62. The molecule has 0 aliphatic heterocycles. The highest BCUT2D eigenvalue weighted by atomic mass is 15.2. The molecule has 0 spiro atoms. The molecule has 5 nitrogen and oxygen atoms in total. The van der Waals surface area contributed by atoms with E-state index in [4.69, 9.17) is 0 Å². The van der Waals surface area contributed by atoms with Crippen LogP contribution in [0.5, 0.6) is 0 Å². The summed E-state index contributed by atoms with van der Waals surface area (Å²) in [5.74, 6) is 0.865. The number of hydrogen-bond donors (Lipinski definition) is 3. The summed E-state index contributed by atoms with van der Waals surface area (Å²) in [6.45, 7) is 0. The molecule has 3 aromatic heterocycles. The highest BCUT2D eigenvalue weighted by Crippen LogP contribution is 2.22. The molecule has 0 aliphatic carbocycles. The monoisotopic (exact) mass is 199 g/mol. The third-order valence-corrected chi connectivity index (χ3v) is 2.23. The second-order valence-corrected chi connectivity index (χ2v) is 3.19. The van der Waals surface area contributed by atoms with Crippen molar-refractivity contribution in [3.05, 3.63) is 36.8 Å². The Morgan fingerprint density at radius 2 is 2.13 bits per heavy atom. The fraction of sp³-hybridized carbons (Fsp3) is 0. The summed E-state index contributed by atoms with van der Waals surface area (Å²) in [6.07, 6.45) is 5.34. The summed E-state index contributed by atoms with van der Waals surface area (Å²) in [5.41, 5.74) is 1.88. The summed E-state index contributed by atoms with van der Waals surface area (Å²) < 4.78 is 0. The molecule has 15 heavy (non-hydrogen) atoms. The fourth-order valence-corrected chi connectivity index (χ4v) is 1.54. The molecule has 3 heterocycles. The van der Waals surface area contributed by atoms with E-state index in [1.54, 1.807) is 12.4 Å². The van der Waals surface area contributed by atoms with Crippen LogP contribution >= 0.6 is 0 Å². The number of hydrogen-bond acceptors (Lipinski definition) is 3. The number of aromatic nitrogens is 4. The molecular weight excluding hydrogens is 190 g/mol. The number of nitrogens with zero attached hydrogens (tertiary/aromatic N) is 2. The van der Waals surface area contributed by atoms with Crippen LogP contribution < -0.4 is 5.32 Å². The molecule has 0 radical (unpaired) electrons. The van der Waals surface area contributed by atoms with Crippen LogP contribution in [0.2, 0.25) is 0 Å². The van der Waals surface area contributed by atoms with Gasteiger partial charge < -0.3 is 10.3 Å². The first-order valence-corrected chi connectivity index (χ1v) is 4.62. The zero-order valence-electron chi connectivity index (χ0n) is 7.86. The molecule has 0 atom stereocenters. The number of rotatable bonds is 2. The molecule has 3 aromatic rings. The zero-order valence-corrected chi connectivity index (χ0v) is 7.86. The Morgan fingerprint density at radius 3 is 3.00 bits per heavy atom. The highest BCUT2D eigenvalue weighted by molar-refractivity contribution is 5.90. The first kappa shape index (κ1) is 8.05. The summed E-state index contributed by atoms with van der Waals surface area (Å²) in [5, 5.41) is 11.0. The summed E-state index contributed by atoms with van der Waals surface area (Å²) in [4.78, 5) is 7.27. The molecule has 0 saturated heterocycles. The number of pyridine rings is 1. The minimum absolute atomic E-state index is 0.865. The Morgan fingerprint density at radius 1 is 1.13 bits per heavy atom. The largest absolute Gasteiger partial charge is 0.346 e. The average Bonchev–Trinajstić information content (AvgIpc) is 2.87. The van der Waals surface area contributed by atoms with E-state index in [1.165, 1.54) is 0 Å². The second-order valence-electron chi connectivity index (χ2n) is 3.19. The molecule has 0 saturated carbocycles. The van der Waals surface area contributed by atoms with Gasteiger partial charge in [-0.2, -0.15) is 5.10 Å². The minimum Gasteiger partial charge on any atom is -0.346 e. The van der Waals surface area contributed by atoms with Crippen LogP contribution in [0.4, 0.5) is 11.5 Å². The van der Waals surface area contributed by atoms with Gasteiger partial charge in [0.2, 0.25) is 0 Å². The van der Waals surface area contributed by atoms with E-state index in [9.17, 15) is 0 Å². The van der Waals surface area contributed by atoms with E-state index >= 15 is 0 Å². The lowest BCUT2D eigenvalue weighted by Crippen LogP contribution is -1.91. The lowest BCUT2D eigenvalue weighted by atomic mass is 10.3. The Bertz CT molecular complexity index is 566. The molecular formula is C10H9N5. The fourth-order valence-electron chi connectivity index (χ4n) is 1.54. The van der Waals surface area contributed by atoms with Crippen LogP contribution in [-0.4, -0.2) is 20.2 Å². The Hall–Kier alpha value is -2.30. The van der Waals surface area contributed by atoms with Crippen molar-refractivity contribution in [2.24, 2.45) is 0 Å². The van der Waals surface area contributed by atoms with Crippen LogP contribution in [0.1, 0.15) is 0 Å². The highest BCUT2D eigenvalue weighted by Gasteiger charge is 2.02. The topological polar surface area (TPSA) is 69.4 Å². The number of fused-ring (bicyclic) bond motifs is 1. The lowest BCUT2D eigenvalue weighted by Gasteiger charge is -2.03. The second kappa shape index (κ2) is 3.13. The van der Waals surface area contributed by atoms with Crippen molar-refractivity contribution in [1.29, 1.82) is 0 Å². The van der Waals surface area contributed by atoms with Gasteiger partial charge in [0.05, 0.1) is 11.9 Å². The van der Waals surface area contributed by atoms with E-state index in [0.29, 0.717) is 0 Å². The maximum atomic E-state index is 4.21. The first-order chi connectivity index (χ1) is 7.43. The van der Waals surface area contributed by atoms with Gasteiger partial charge in [-0.25, -0.2) is 4.98 Å². The molecule has 0 amide bonds. The number of aromatic amines is 2. The van der Waals surface area contributed by atoms with Gasteiger partial charge in [-0.15, -0.1) is 0 Å². The van der Waals surface area contributed by atoms with E-state index in [1.807, 2.05) is 24.4 Å². The minimum atomic E-state index is 0.865. The predicted molar refractivity (Wildman–Crippen MR) is 58.0 cm³/mol. The van der Waals surface area contributed by atoms with Gasteiger partial charge in [0.25, 0.3) is 0 Å². The molecule has 0 aromatic carbocycles. The normalized spacial score (nSPS) is 10.7. The molecule has 0 fully saturated rings. The van der Waals surface area contributed by atoms with Gasteiger partial charge in [0, 0.05) is 23.8 Å². The van der Waals surface area contributed by atoms with E-state index in [0.717, 1.165) is 22.5 Å². The van der Waals surface area contributed by atoms with Crippen molar-refractivity contribution in [1.82, 2.24) is 20.2 Å². The molecule has 3 N–H and O–H groups in total. The third-order valence-electron chi connectivity index (χ3n) is 2.23. The van der Waals surface area contributed by atoms with Crippen molar-refractivity contribution >= 4 is 22.5 Å². The number of anilines is 2. The zero-order chi connectivity index (χ0) is 10.1. The van der Waals surface area contributed by atoms with Gasteiger partial charge in [-0.1, -0.05) is 0 Å². The van der Waals surface area contributed by atoms with Crippen LogP contribution in [0.15, 0.2) is 36.8 Å². The molecule has 0 bridgehead atoms. The van der Waals surface area contributed by atoms with Crippen molar-refractivity contribution in [3.63, 3.8) is 0 Å². The predicted octanol–water partition coefficient (Wildman–Crippen LogP) is 2.03. The maximum absolute atomic E-state index is 4.21. The summed E-state index contributed by atoms with van der Waals surface area (Å²) in [6, 6.07) is 5.79. The smallest absolute Gasteiger partial charge is 0.139 e. The molecule has 0 aliphatic rings. The lowest BCUT2D eigenvalue weighted by molar-refractivity contribution is 1.09. The van der Waals surface area contributed by atoms with E-state index in [-0.39, 0.29) is 0 Å². The number of H-pyrrole nitrogens is 2. The Labute approximate surface area is 85.5 Å². The maximum Gasteiger partial charge on any atom is 0.139 e. The van der Waals surface area contributed by atoms with Crippen LogP contribution in [0.25, 0.3) is 11.0 Å². The molecule has 3 rings (SSSR count). The van der Waals surface area contributed by atoms with Crippen LogP contribution in [0, 0.1) is 0 Å². The summed E-state index contributed by atoms with van der Waals surface area (Å²) >= 11 is 0. The van der Waals surface area contributed by atoms with Crippen LogP contribution in [-0.2, 0) is 0 Å². The van der Waals surface area contributed by atoms with Gasteiger partial charge >= 0.3 is 0 Å². The van der Waals surface area contributed by atoms with Crippen molar-refractivity contribution in [2.75, 3.05) is 5.32 Å². The third kappa shape index (κ3) is 1.34. The van der Waals surface area contributed by atoms with Crippen LogP contribution in [0.3, 0.4) is 0 Å². The summed E-state index contributed by atoms with van der Waals surface area (Å²) in [7, 11) is 0. The standard InChI is InChI=1S/C10H9N5/c1-4-11-10-7(1)8(2-5-12-10)14-9-3-6-13-15-9/h1-6H,(H3,11,12,13,14,15). The van der Waals surface area contributed by atoms with Gasteiger partial charge in [-0.3, -0.25) is 5.10 Å². The average molecular weight is 199 g/mol. The van der Waals surface area contributed by atoms with Gasteiger partial charge in [-0.05, 0) is 12.1 Å². The van der Waals surface area contributed by atoms with Crippen molar-refractivity contribution in [2.45, 2.75) is 0 Å². The van der Waals surface area contributed by atoms with Gasteiger partial charge in [0.1, 0.15) is 11.5 Å². The molecule has 5 heteroatoms. The van der Waals surface area contributed by atoms with Crippen molar-refractivity contribution < 1.29 is 0 Å². The van der Waals surface area contributed by atoms with E-state index < -0.39 is 0 Å². The van der Waals surface area contributed by atoms with E-state index in [2.05, 4.69) is 25.5 Å². The molecule has 74 valence electrons.